The van der Waals surface area contributed by atoms with Crippen LogP contribution in [0.3, 0.4) is 0 Å². The normalized spacial score (nSPS) is 15.3. The molecule has 0 aromatic heterocycles. The molecule has 6 heavy (non-hydrogen) atoms. The molecule has 0 saturated heterocycles. The van der Waals surface area contributed by atoms with Crippen molar-refractivity contribution in [2.45, 2.75) is 19.4 Å². The summed E-state index contributed by atoms with van der Waals surface area (Å²) >= 11 is 0. The molecule has 0 aliphatic rings. The molecule has 0 spiro atoms. The predicted octanol–water partition coefficient (Wildman–Crippen LogP) is 1.01. The van der Waals surface area contributed by atoms with Gasteiger partial charge in [-0.1, -0.05) is 19.4 Å². The van der Waals surface area contributed by atoms with Gasteiger partial charge in [0.25, 0.3) is 0 Å². The number of hydrogen-bond acceptors (Lipinski definition) is 0. The summed E-state index contributed by atoms with van der Waals surface area (Å²) in [6, 6.07) is 0. The third kappa shape index (κ3) is 2.72. The minimum absolute atomic E-state index is 0.269. The summed E-state index contributed by atoms with van der Waals surface area (Å²) < 4.78 is 0. The van der Waals surface area contributed by atoms with Crippen LogP contribution in [0, 0.1) is 5.92 Å². The summed E-state index contributed by atoms with van der Waals surface area (Å²) in [5.74, 6) is 0.593. The molecule has 0 saturated carbocycles. The average Bonchev–Trinajstić information content (AvgIpc) is 1.36. The summed E-state index contributed by atoms with van der Waals surface area (Å²) in [5, 5.41) is 0. The third-order valence-electron chi connectivity index (χ3n) is 0.770. The quantitative estimate of drug-likeness (QED) is 0.340. The SMILES string of the molecule is [B]C(P)C(C)C. The van der Waals surface area contributed by atoms with Gasteiger partial charge in [0, 0.05) is 0 Å². The van der Waals surface area contributed by atoms with Crippen LogP contribution in [0.1, 0.15) is 13.8 Å². The summed E-state index contributed by atoms with van der Waals surface area (Å²) in [6.45, 7) is 4.19. The minimum atomic E-state index is 0.269. The molecule has 0 fully saturated rings. The van der Waals surface area contributed by atoms with Crippen LogP contribution >= 0.6 is 9.24 Å². The lowest BCUT2D eigenvalue weighted by Crippen LogP contribution is -2.04. The molecule has 34 valence electrons. The van der Waals surface area contributed by atoms with E-state index in [0.717, 1.165) is 0 Å². The van der Waals surface area contributed by atoms with Gasteiger partial charge in [-0.2, -0.15) is 0 Å². The van der Waals surface area contributed by atoms with E-state index >= 15 is 0 Å². The van der Waals surface area contributed by atoms with Crippen LogP contribution in [0.2, 0.25) is 0 Å². The summed E-state index contributed by atoms with van der Waals surface area (Å²) in [4.78, 5) is 0. The summed E-state index contributed by atoms with van der Waals surface area (Å²) in [5.41, 5.74) is 0.269. The Morgan fingerprint density at radius 2 is 1.67 bits per heavy atom. The Morgan fingerprint density at radius 3 is 1.67 bits per heavy atom. The van der Waals surface area contributed by atoms with Gasteiger partial charge in [0.15, 0.2) is 0 Å². The molecule has 0 nitrogen and oxygen atoms in total. The van der Waals surface area contributed by atoms with Crippen molar-refractivity contribution in [3.05, 3.63) is 0 Å². The van der Waals surface area contributed by atoms with Gasteiger partial charge in [-0.05, 0) is 5.92 Å². The van der Waals surface area contributed by atoms with Crippen molar-refractivity contribution in [1.82, 2.24) is 0 Å². The van der Waals surface area contributed by atoms with Crippen molar-refractivity contribution in [3.63, 3.8) is 0 Å². The molecule has 2 heteroatoms. The molecule has 0 aromatic carbocycles. The maximum atomic E-state index is 5.40. The van der Waals surface area contributed by atoms with Crippen molar-refractivity contribution < 1.29 is 0 Å². The first kappa shape index (κ1) is 6.49. The zero-order chi connectivity index (χ0) is 5.15. The molecule has 0 aliphatic heterocycles. The van der Waals surface area contributed by atoms with Crippen molar-refractivity contribution in [2.24, 2.45) is 5.92 Å². The predicted molar refractivity (Wildman–Crippen MR) is 34.1 cm³/mol. The fraction of sp³-hybridized carbons (Fsp3) is 1.00. The second kappa shape index (κ2) is 2.63. The highest BCUT2D eigenvalue weighted by Gasteiger charge is 1.95. The maximum Gasteiger partial charge on any atom is 0.0759 e. The van der Waals surface area contributed by atoms with Crippen molar-refractivity contribution in [2.75, 3.05) is 0 Å². The van der Waals surface area contributed by atoms with E-state index in [2.05, 4.69) is 23.1 Å². The smallest absolute Gasteiger partial charge is 0.0759 e. The second-order valence-corrected chi connectivity index (χ2v) is 2.59. The molecular weight excluding hydrogens is 89.8 g/mol. The molecule has 0 rings (SSSR count). The third-order valence-corrected chi connectivity index (χ3v) is 1.54. The van der Waals surface area contributed by atoms with E-state index in [1.807, 2.05) is 0 Å². The monoisotopic (exact) mass is 100 g/mol. The van der Waals surface area contributed by atoms with E-state index in [4.69, 9.17) is 7.85 Å². The first-order chi connectivity index (χ1) is 2.64. The second-order valence-electron chi connectivity index (χ2n) is 1.82. The summed E-state index contributed by atoms with van der Waals surface area (Å²) in [6.07, 6.45) is 0. The van der Waals surface area contributed by atoms with Gasteiger partial charge < -0.3 is 0 Å². The van der Waals surface area contributed by atoms with E-state index in [0.29, 0.717) is 5.92 Å². The van der Waals surface area contributed by atoms with Gasteiger partial charge in [0.05, 0.1) is 7.85 Å². The van der Waals surface area contributed by atoms with Gasteiger partial charge in [-0.3, -0.25) is 0 Å². The molecule has 0 aliphatic carbocycles. The van der Waals surface area contributed by atoms with Crippen molar-refractivity contribution >= 4 is 17.1 Å². The standard InChI is InChI=1S/C4H10BP/c1-3(2)4(5)6/h3-4H,6H2,1-2H3. The highest BCUT2D eigenvalue weighted by molar-refractivity contribution is 7.20. The molecular formula is C4H10BP. The van der Waals surface area contributed by atoms with Crippen LogP contribution in [-0.4, -0.2) is 13.4 Å². The Kier molecular flexibility index (Phi) is 2.85. The van der Waals surface area contributed by atoms with E-state index in [1.54, 1.807) is 0 Å². The Morgan fingerprint density at radius 1 is 1.50 bits per heavy atom. The van der Waals surface area contributed by atoms with Crippen LogP contribution in [0.4, 0.5) is 0 Å². The number of hydrogen-bond donors (Lipinski definition) is 0. The zero-order valence-corrected chi connectivity index (χ0v) is 5.46. The molecule has 2 unspecified atom stereocenters. The van der Waals surface area contributed by atoms with E-state index < -0.39 is 0 Å². The largest absolute Gasteiger partial charge is 0.143 e. The van der Waals surface area contributed by atoms with Gasteiger partial charge in [0.1, 0.15) is 0 Å². The van der Waals surface area contributed by atoms with Gasteiger partial charge in [-0.25, -0.2) is 0 Å². The van der Waals surface area contributed by atoms with Crippen LogP contribution in [-0.2, 0) is 0 Å². The molecule has 0 aromatic rings. The highest BCUT2D eigenvalue weighted by atomic mass is 31.0. The Bertz CT molecular complexity index is 28.5. The first-order valence-corrected chi connectivity index (χ1v) is 2.82. The minimum Gasteiger partial charge on any atom is -0.143 e. The molecule has 0 N–H and O–H groups in total. The Hall–Kier alpha value is 0.495. The molecule has 0 bridgehead atoms. The zero-order valence-electron chi connectivity index (χ0n) is 4.31. The van der Waals surface area contributed by atoms with Crippen LogP contribution < -0.4 is 0 Å². The van der Waals surface area contributed by atoms with Crippen LogP contribution in [0.25, 0.3) is 0 Å². The van der Waals surface area contributed by atoms with E-state index in [-0.39, 0.29) is 5.56 Å². The fourth-order valence-electron chi connectivity index (χ4n) is 0. The maximum absolute atomic E-state index is 5.40. The Labute approximate surface area is 43.3 Å². The first-order valence-electron chi connectivity index (χ1n) is 2.15. The van der Waals surface area contributed by atoms with Crippen molar-refractivity contribution in [1.29, 1.82) is 0 Å². The molecule has 0 heterocycles. The van der Waals surface area contributed by atoms with Gasteiger partial charge in [-0.15, -0.1) is 9.24 Å². The fourth-order valence-corrected chi connectivity index (χ4v) is 0. The summed E-state index contributed by atoms with van der Waals surface area (Å²) in [7, 11) is 7.95. The van der Waals surface area contributed by atoms with E-state index in [1.165, 1.54) is 0 Å². The van der Waals surface area contributed by atoms with E-state index in [9.17, 15) is 0 Å². The average molecular weight is 99.9 g/mol. The molecule has 0 amide bonds. The van der Waals surface area contributed by atoms with Crippen LogP contribution in [0.15, 0.2) is 0 Å². The lowest BCUT2D eigenvalue weighted by atomic mass is 9.93. The lowest BCUT2D eigenvalue weighted by Gasteiger charge is -2.05. The highest BCUT2D eigenvalue weighted by Crippen LogP contribution is 2.05. The lowest BCUT2D eigenvalue weighted by molar-refractivity contribution is 0.714. The van der Waals surface area contributed by atoms with Gasteiger partial charge in [0.2, 0.25) is 0 Å². The van der Waals surface area contributed by atoms with Crippen LogP contribution in [0.5, 0.6) is 0 Å². The topological polar surface area (TPSA) is 0 Å². The van der Waals surface area contributed by atoms with Gasteiger partial charge >= 0.3 is 0 Å². The van der Waals surface area contributed by atoms with Crippen molar-refractivity contribution in [3.8, 4) is 0 Å². The molecule has 2 radical (unpaired) electrons. The molecule has 2 atom stereocenters. The Balaban J connectivity index is 2.99. The number of rotatable bonds is 1.